The molecule has 3 rings (SSSR count). The molecule has 0 amide bonds. The third kappa shape index (κ3) is 9.64. The van der Waals surface area contributed by atoms with Gasteiger partial charge in [-0.25, -0.2) is 4.79 Å². The zero-order valence-electron chi connectivity index (χ0n) is 18.7. The van der Waals surface area contributed by atoms with Crippen LogP contribution in [-0.4, -0.2) is 36.2 Å². The number of hydrogen-bond acceptors (Lipinski definition) is 5. The molecule has 0 radical (unpaired) electrons. The fourth-order valence-electron chi connectivity index (χ4n) is 3.12. The van der Waals surface area contributed by atoms with Crippen LogP contribution in [0.4, 0.5) is 26.3 Å². The van der Waals surface area contributed by atoms with Crippen molar-refractivity contribution in [3.8, 4) is 17.2 Å². The Labute approximate surface area is 211 Å². The summed E-state index contributed by atoms with van der Waals surface area (Å²) in [5.74, 6) is -1.44. The average Bonchev–Trinajstić information content (AvgIpc) is 2.79. The van der Waals surface area contributed by atoms with Crippen molar-refractivity contribution in [2.75, 3.05) is 12.4 Å². The molecule has 5 nitrogen and oxygen atoms in total. The molecule has 0 aromatic heterocycles. The molecule has 0 bridgehead atoms. The van der Waals surface area contributed by atoms with Gasteiger partial charge < -0.3 is 19.3 Å². The first-order chi connectivity index (χ1) is 17.4. The van der Waals surface area contributed by atoms with E-state index >= 15 is 0 Å². The zero-order chi connectivity index (χ0) is 27.1. The highest BCUT2D eigenvalue weighted by Gasteiger charge is 2.32. The van der Waals surface area contributed by atoms with Gasteiger partial charge in [0.15, 0.2) is 6.61 Å². The van der Waals surface area contributed by atoms with Crippen molar-refractivity contribution in [1.82, 2.24) is 0 Å². The van der Waals surface area contributed by atoms with E-state index in [0.717, 1.165) is 29.2 Å². The SMILES string of the molecule is O=C(O)COc1ccc(SCC=C(c2cccc(OC(F)(F)F)c2)c2cccc(OC(F)(F)F)c2)cc1. The lowest BCUT2D eigenvalue weighted by atomic mass is 9.97. The van der Waals surface area contributed by atoms with E-state index in [9.17, 15) is 31.1 Å². The van der Waals surface area contributed by atoms with Gasteiger partial charge in [-0.15, -0.1) is 38.1 Å². The molecule has 0 heterocycles. The van der Waals surface area contributed by atoms with E-state index in [4.69, 9.17) is 9.84 Å². The van der Waals surface area contributed by atoms with E-state index in [2.05, 4.69) is 9.47 Å². The minimum Gasteiger partial charge on any atom is -0.482 e. The van der Waals surface area contributed by atoms with E-state index in [1.54, 1.807) is 30.3 Å². The topological polar surface area (TPSA) is 65.0 Å². The third-order valence-electron chi connectivity index (χ3n) is 4.48. The molecule has 1 N–H and O–H groups in total. The van der Waals surface area contributed by atoms with Crippen molar-refractivity contribution in [2.24, 2.45) is 0 Å². The highest BCUT2D eigenvalue weighted by molar-refractivity contribution is 7.99. The first-order valence-corrected chi connectivity index (χ1v) is 11.4. The number of carbonyl (C=O) groups is 1. The second kappa shape index (κ2) is 12.0. The van der Waals surface area contributed by atoms with Gasteiger partial charge in [-0.1, -0.05) is 30.3 Å². The number of ether oxygens (including phenoxy) is 3. The van der Waals surface area contributed by atoms with Crippen LogP contribution in [0, 0.1) is 0 Å². The van der Waals surface area contributed by atoms with Gasteiger partial charge in [0.1, 0.15) is 17.2 Å². The number of aliphatic carboxylic acids is 1. The highest BCUT2D eigenvalue weighted by Crippen LogP contribution is 2.33. The molecule has 0 spiro atoms. The minimum atomic E-state index is -4.92. The highest BCUT2D eigenvalue weighted by atomic mass is 32.2. The smallest absolute Gasteiger partial charge is 0.482 e. The van der Waals surface area contributed by atoms with Gasteiger partial charge in [0, 0.05) is 10.6 Å². The number of halogens is 6. The van der Waals surface area contributed by atoms with Crippen molar-refractivity contribution < 1.29 is 50.5 Å². The minimum absolute atomic E-state index is 0.281. The number of alkyl halides is 6. The number of thioether (sulfide) groups is 1. The van der Waals surface area contributed by atoms with Crippen LogP contribution >= 0.6 is 11.8 Å². The van der Waals surface area contributed by atoms with Crippen molar-refractivity contribution >= 4 is 23.3 Å². The number of carboxylic acids is 1. The van der Waals surface area contributed by atoms with Crippen LogP contribution in [-0.2, 0) is 4.79 Å². The third-order valence-corrected chi connectivity index (χ3v) is 5.42. The van der Waals surface area contributed by atoms with Crippen LogP contribution in [0.15, 0.2) is 83.8 Å². The molecular formula is C25H18F6O5S. The van der Waals surface area contributed by atoms with E-state index in [1.807, 2.05) is 0 Å². The maximum atomic E-state index is 12.7. The monoisotopic (exact) mass is 544 g/mol. The summed E-state index contributed by atoms with van der Waals surface area (Å²) in [6.07, 6.45) is -8.18. The molecule has 0 fully saturated rings. The van der Waals surface area contributed by atoms with Gasteiger partial charge in [-0.2, -0.15) is 0 Å². The fourth-order valence-corrected chi connectivity index (χ4v) is 3.89. The summed E-state index contributed by atoms with van der Waals surface area (Å²) in [5.41, 5.74) is 0.919. The second-order valence-electron chi connectivity index (χ2n) is 7.23. The Morgan fingerprint density at radius 2 is 1.30 bits per heavy atom. The molecule has 0 aliphatic rings. The molecule has 0 aliphatic heterocycles. The quantitative estimate of drug-likeness (QED) is 0.216. The molecule has 0 unspecified atom stereocenters. The molecule has 12 heteroatoms. The Bertz CT molecular complexity index is 1180. The van der Waals surface area contributed by atoms with Crippen LogP contribution in [0.2, 0.25) is 0 Å². The van der Waals surface area contributed by atoms with E-state index in [0.29, 0.717) is 17.1 Å². The molecule has 3 aromatic rings. The number of carboxylic acid groups (broad SMARTS) is 1. The van der Waals surface area contributed by atoms with Gasteiger partial charge in [-0.3, -0.25) is 0 Å². The average molecular weight is 544 g/mol. The summed E-state index contributed by atoms with van der Waals surface area (Å²) >= 11 is 1.33. The summed E-state index contributed by atoms with van der Waals surface area (Å²) in [5, 5.41) is 8.67. The van der Waals surface area contributed by atoms with E-state index in [1.165, 1.54) is 36.0 Å². The number of hydrogen-bond donors (Lipinski definition) is 1. The summed E-state index contributed by atoms with van der Waals surface area (Å²) in [6.45, 7) is -0.493. The molecule has 196 valence electrons. The molecule has 3 aromatic carbocycles. The van der Waals surface area contributed by atoms with E-state index < -0.39 is 36.8 Å². The largest absolute Gasteiger partial charge is 0.573 e. The Morgan fingerprint density at radius 1 is 0.784 bits per heavy atom. The Balaban J connectivity index is 1.87. The first kappa shape index (κ1) is 27.8. The first-order valence-electron chi connectivity index (χ1n) is 10.4. The molecule has 0 atom stereocenters. The number of benzene rings is 3. The van der Waals surface area contributed by atoms with Gasteiger partial charge in [0.2, 0.25) is 0 Å². The lowest BCUT2D eigenvalue weighted by Crippen LogP contribution is -2.17. The number of rotatable bonds is 10. The van der Waals surface area contributed by atoms with Crippen LogP contribution in [0.3, 0.4) is 0 Å². The van der Waals surface area contributed by atoms with Crippen LogP contribution in [0.5, 0.6) is 17.2 Å². The standard InChI is InChI=1S/C25H18F6O5S/c26-24(27,28)35-19-5-1-3-16(13-19)22(17-4-2-6-20(14-17)36-25(29,30)31)11-12-37-21-9-7-18(8-10-21)34-15-23(32)33/h1-11,13-14H,12,15H2,(H,32,33). The van der Waals surface area contributed by atoms with Crippen molar-refractivity contribution in [3.63, 3.8) is 0 Å². The predicted octanol–water partition coefficient (Wildman–Crippen LogP) is 7.17. The molecule has 0 aliphatic carbocycles. The van der Waals surface area contributed by atoms with Gasteiger partial charge in [0.05, 0.1) is 0 Å². The summed E-state index contributed by atoms with van der Waals surface area (Å²) in [7, 11) is 0. The van der Waals surface area contributed by atoms with Crippen LogP contribution in [0.1, 0.15) is 11.1 Å². The lowest BCUT2D eigenvalue weighted by Gasteiger charge is -2.14. The van der Waals surface area contributed by atoms with Crippen LogP contribution in [0.25, 0.3) is 5.57 Å². The molecule has 37 heavy (non-hydrogen) atoms. The Kier molecular flexibility index (Phi) is 8.98. The Hall–Kier alpha value is -3.80. The fraction of sp³-hybridized carbons (Fsp3) is 0.160. The van der Waals surface area contributed by atoms with Crippen molar-refractivity contribution in [2.45, 2.75) is 17.6 Å². The van der Waals surface area contributed by atoms with Gasteiger partial charge in [0.25, 0.3) is 0 Å². The van der Waals surface area contributed by atoms with Crippen LogP contribution < -0.4 is 14.2 Å². The summed E-state index contributed by atoms with van der Waals surface area (Å²) < 4.78 is 89.3. The van der Waals surface area contributed by atoms with Gasteiger partial charge >= 0.3 is 18.7 Å². The normalized spacial score (nSPS) is 11.5. The molecular weight excluding hydrogens is 526 g/mol. The summed E-state index contributed by atoms with van der Waals surface area (Å²) in [6, 6.07) is 16.7. The maximum Gasteiger partial charge on any atom is 0.573 e. The zero-order valence-corrected chi connectivity index (χ0v) is 19.5. The molecule has 0 saturated carbocycles. The maximum absolute atomic E-state index is 12.7. The van der Waals surface area contributed by atoms with E-state index in [-0.39, 0.29) is 11.1 Å². The lowest BCUT2D eigenvalue weighted by molar-refractivity contribution is -0.275. The van der Waals surface area contributed by atoms with Gasteiger partial charge in [-0.05, 0) is 65.2 Å². The van der Waals surface area contributed by atoms with Crippen molar-refractivity contribution in [1.29, 1.82) is 0 Å². The summed E-state index contributed by atoms with van der Waals surface area (Å²) in [4.78, 5) is 11.4. The van der Waals surface area contributed by atoms with Crippen molar-refractivity contribution in [3.05, 3.63) is 90.0 Å². The second-order valence-corrected chi connectivity index (χ2v) is 8.33. The molecule has 0 saturated heterocycles. The Morgan fingerprint density at radius 3 is 1.76 bits per heavy atom. The predicted molar refractivity (Wildman–Crippen MR) is 124 cm³/mol.